The maximum absolute atomic E-state index is 2.67. The summed E-state index contributed by atoms with van der Waals surface area (Å²) in [4.78, 5) is 5.26. The molecule has 0 spiro atoms. The Hall–Kier alpha value is -4.28. The number of thiophene rings is 1. The molecule has 3 heterocycles. The lowest BCUT2D eigenvalue weighted by Crippen LogP contribution is -2.61. The highest BCUT2D eigenvalue weighted by molar-refractivity contribution is 7.33. The molecule has 1 aromatic heterocycles. The van der Waals surface area contributed by atoms with E-state index < -0.39 is 0 Å². The van der Waals surface area contributed by atoms with Crippen molar-refractivity contribution in [3.05, 3.63) is 124 Å². The van der Waals surface area contributed by atoms with E-state index in [4.69, 9.17) is 0 Å². The largest absolute Gasteiger partial charge is 0.311 e. The minimum absolute atomic E-state index is 0.0382. The predicted octanol–water partition coefficient (Wildman–Crippen LogP) is 13.5. The second-order valence-corrected chi connectivity index (χ2v) is 23.0. The van der Waals surface area contributed by atoms with E-state index in [0.29, 0.717) is 0 Å². The summed E-state index contributed by atoms with van der Waals surface area (Å²) in [6.07, 6.45) is 2.38. The third-order valence-electron chi connectivity index (χ3n) is 13.6. The molecule has 0 bridgehead atoms. The zero-order valence-corrected chi connectivity index (χ0v) is 37.8. The van der Waals surface area contributed by atoms with Crippen LogP contribution in [0.3, 0.4) is 0 Å². The highest BCUT2D eigenvalue weighted by atomic mass is 32.1. The van der Waals surface area contributed by atoms with Crippen LogP contribution in [-0.4, -0.2) is 6.71 Å². The van der Waals surface area contributed by atoms with Crippen LogP contribution in [0.15, 0.2) is 91.0 Å². The number of rotatable bonds is 2. The number of hydrogen-bond donors (Lipinski definition) is 0. The van der Waals surface area contributed by atoms with Gasteiger partial charge in [0, 0.05) is 43.3 Å². The van der Waals surface area contributed by atoms with Crippen molar-refractivity contribution in [1.82, 2.24) is 0 Å². The van der Waals surface area contributed by atoms with Gasteiger partial charge in [0.05, 0.1) is 5.69 Å². The zero-order chi connectivity index (χ0) is 40.8. The molecule has 0 N–H and O–H groups in total. The number of fused-ring (bicyclic) bond motifs is 7. The second-order valence-electron chi connectivity index (χ2n) is 21.9. The molecular formula is C53H61BN2S. The summed E-state index contributed by atoms with van der Waals surface area (Å²) < 4.78 is 2.81. The van der Waals surface area contributed by atoms with E-state index in [1.165, 1.54) is 106 Å². The summed E-state index contributed by atoms with van der Waals surface area (Å²) in [5.74, 6) is 0. The van der Waals surface area contributed by atoms with Gasteiger partial charge in [-0.05, 0) is 146 Å². The van der Waals surface area contributed by atoms with Gasteiger partial charge in [0.2, 0.25) is 0 Å². The Balaban J connectivity index is 1.40. The predicted molar refractivity (Wildman–Crippen MR) is 252 cm³/mol. The number of nitrogens with zero attached hydrogens (tertiary/aromatic N) is 2. The molecule has 0 amide bonds. The molecule has 57 heavy (non-hydrogen) atoms. The molecule has 4 heteroatoms. The molecule has 3 aliphatic rings. The van der Waals surface area contributed by atoms with Crippen LogP contribution in [0.25, 0.3) is 10.1 Å². The molecule has 0 atom stereocenters. The monoisotopic (exact) mass is 768 g/mol. The SMILES string of the molecule is Cc1cc2c3c(c1)N(c1ccc(C(C)(C)C)cc1)c1c(sc4ccc(C(C)(C)C)cc14)B3c1cc3c(cc1N2c1ccc(C(C)(C)C)cc1)C(C)(C)CCC3(C)C. The fourth-order valence-electron chi connectivity index (χ4n) is 9.91. The van der Waals surface area contributed by atoms with Gasteiger partial charge in [-0.25, -0.2) is 0 Å². The molecule has 1 aliphatic carbocycles. The van der Waals surface area contributed by atoms with Crippen LogP contribution in [0.5, 0.6) is 0 Å². The van der Waals surface area contributed by atoms with Crippen LogP contribution < -0.4 is 25.5 Å². The average molecular weight is 769 g/mol. The van der Waals surface area contributed by atoms with Gasteiger partial charge in [0.15, 0.2) is 0 Å². The second kappa shape index (κ2) is 12.4. The minimum atomic E-state index is 0.0382. The van der Waals surface area contributed by atoms with Gasteiger partial charge in [0.1, 0.15) is 0 Å². The van der Waals surface area contributed by atoms with E-state index >= 15 is 0 Å². The lowest BCUT2D eigenvalue weighted by Gasteiger charge is -2.47. The maximum Gasteiger partial charge on any atom is 0.264 e. The van der Waals surface area contributed by atoms with Crippen LogP contribution in [0.1, 0.15) is 136 Å². The molecule has 6 aromatic rings. The standard InChI is InChI=1S/C53H61BN2S/c1-32-27-43-46-44(28-32)56(37-22-17-34(18-23-37)50(5,6)7)47-38-29-35(51(8,9)10)19-24-45(38)57-48(47)54(46)41-30-39-40(53(13,14)26-25-52(39,11)12)31-42(41)55(43)36-20-15-33(16-21-36)49(2,3)4/h15-24,27-31H,25-26H2,1-14H3. The molecule has 0 saturated heterocycles. The summed E-state index contributed by atoms with van der Waals surface area (Å²) in [5.41, 5.74) is 19.3. The van der Waals surface area contributed by atoms with Crippen molar-refractivity contribution < 1.29 is 0 Å². The van der Waals surface area contributed by atoms with E-state index in [1.54, 1.807) is 0 Å². The highest BCUT2D eigenvalue weighted by Gasteiger charge is 2.48. The first-order valence-corrected chi connectivity index (χ1v) is 22.1. The number of benzene rings is 5. The molecule has 0 unspecified atom stereocenters. The van der Waals surface area contributed by atoms with Gasteiger partial charge in [-0.15, -0.1) is 11.3 Å². The average Bonchev–Trinajstić information content (AvgIpc) is 3.50. The molecule has 0 radical (unpaired) electrons. The van der Waals surface area contributed by atoms with Crippen molar-refractivity contribution in [3.8, 4) is 0 Å². The molecule has 0 saturated carbocycles. The van der Waals surface area contributed by atoms with Crippen LogP contribution in [-0.2, 0) is 27.1 Å². The first-order chi connectivity index (χ1) is 26.5. The third kappa shape index (κ3) is 6.02. The lowest BCUT2D eigenvalue weighted by molar-refractivity contribution is 0.332. The molecular weight excluding hydrogens is 707 g/mol. The van der Waals surface area contributed by atoms with Crippen molar-refractivity contribution in [2.45, 2.75) is 137 Å². The lowest BCUT2D eigenvalue weighted by atomic mass is 9.35. The van der Waals surface area contributed by atoms with Gasteiger partial charge in [0.25, 0.3) is 6.71 Å². The van der Waals surface area contributed by atoms with Crippen molar-refractivity contribution in [2.24, 2.45) is 0 Å². The number of anilines is 6. The van der Waals surface area contributed by atoms with E-state index in [-0.39, 0.29) is 33.8 Å². The van der Waals surface area contributed by atoms with Gasteiger partial charge in [-0.3, -0.25) is 0 Å². The van der Waals surface area contributed by atoms with E-state index in [1.807, 2.05) is 11.3 Å². The van der Waals surface area contributed by atoms with Crippen molar-refractivity contribution in [3.63, 3.8) is 0 Å². The number of hydrogen-bond acceptors (Lipinski definition) is 3. The van der Waals surface area contributed by atoms with Gasteiger partial charge >= 0.3 is 0 Å². The van der Waals surface area contributed by atoms with Crippen LogP contribution in [0.4, 0.5) is 34.1 Å². The summed E-state index contributed by atoms with van der Waals surface area (Å²) in [5, 5.41) is 1.36. The quantitative estimate of drug-likeness (QED) is 0.162. The normalized spacial score (nSPS) is 17.0. The summed E-state index contributed by atoms with van der Waals surface area (Å²) in [6.45, 7) is 33.2. The number of aryl methyl sites for hydroxylation is 1. The van der Waals surface area contributed by atoms with Gasteiger partial charge in [-0.1, -0.05) is 126 Å². The Labute approximate surface area is 347 Å². The minimum Gasteiger partial charge on any atom is -0.311 e. The Morgan fingerprint density at radius 2 is 1.02 bits per heavy atom. The van der Waals surface area contributed by atoms with E-state index in [0.717, 1.165) is 0 Å². The molecule has 5 aromatic carbocycles. The molecule has 2 nitrogen and oxygen atoms in total. The third-order valence-corrected chi connectivity index (χ3v) is 14.9. The molecule has 292 valence electrons. The Kier molecular flexibility index (Phi) is 8.30. The van der Waals surface area contributed by atoms with Crippen LogP contribution in [0.2, 0.25) is 0 Å². The molecule has 2 aliphatic heterocycles. The highest BCUT2D eigenvalue weighted by Crippen LogP contribution is 2.52. The first-order valence-electron chi connectivity index (χ1n) is 21.3. The van der Waals surface area contributed by atoms with Crippen LogP contribution >= 0.6 is 11.3 Å². The fraction of sp³-hybridized carbons (Fsp3) is 0.396. The zero-order valence-electron chi connectivity index (χ0n) is 37.0. The van der Waals surface area contributed by atoms with Gasteiger partial charge in [-0.2, -0.15) is 0 Å². The topological polar surface area (TPSA) is 6.48 Å². The molecule has 9 rings (SSSR count). The van der Waals surface area contributed by atoms with Crippen molar-refractivity contribution in [1.29, 1.82) is 0 Å². The van der Waals surface area contributed by atoms with Crippen molar-refractivity contribution in [2.75, 3.05) is 9.80 Å². The first kappa shape index (κ1) is 38.3. The smallest absolute Gasteiger partial charge is 0.264 e. The van der Waals surface area contributed by atoms with E-state index in [2.05, 4.69) is 198 Å². The fourth-order valence-corrected chi connectivity index (χ4v) is 11.2. The summed E-state index contributed by atoms with van der Waals surface area (Å²) in [6, 6.07) is 36.4. The van der Waals surface area contributed by atoms with E-state index in [9.17, 15) is 0 Å². The summed E-state index contributed by atoms with van der Waals surface area (Å²) in [7, 11) is 0. The Morgan fingerprint density at radius 3 is 1.54 bits per heavy atom. The molecule has 0 fully saturated rings. The Bertz CT molecular complexity index is 2580. The van der Waals surface area contributed by atoms with Crippen molar-refractivity contribution >= 4 is 78.0 Å². The van der Waals surface area contributed by atoms with Crippen LogP contribution in [0, 0.1) is 6.92 Å². The van der Waals surface area contributed by atoms with Gasteiger partial charge < -0.3 is 9.80 Å². The summed E-state index contributed by atoms with van der Waals surface area (Å²) >= 11 is 2.01. The Morgan fingerprint density at radius 1 is 0.544 bits per heavy atom. The maximum atomic E-state index is 2.67.